The molecule has 0 bridgehead atoms. The number of ether oxygens (including phenoxy) is 4. The third-order valence-corrected chi connectivity index (χ3v) is 7.52. The van der Waals surface area contributed by atoms with Crippen LogP contribution in [0.2, 0.25) is 0 Å². The highest BCUT2D eigenvalue weighted by Crippen LogP contribution is 2.33. The van der Waals surface area contributed by atoms with Crippen molar-refractivity contribution in [3.63, 3.8) is 0 Å². The monoisotopic (exact) mass is 597 g/mol. The first kappa shape index (κ1) is 31.4. The predicted octanol–water partition coefficient (Wildman–Crippen LogP) is 8.32. The van der Waals surface area contributed by atoms with Crippen molar-refractivity contribution in [3.8, 4) is 11.5 Å². The zero-order chi connectivity index (χ0) is 30.8. The van der Waals surface area contributed by atoms with Gasteiger partial charge in [0, 0.05) is 12.5 Å². The Morgan fingerprint density at radius 3 is 2.16 bits per heavy atom. The zero-order valence-electron chi connectivity index (χ0n) is 25.9. The average Bonchev–Trinajstić information content (AvgIpc) is 3.01. The molecule has 4 aromatic carbocycles. The van der Waals surface area contributed by atoms with E-state index in [1.165, 1.54) is 16.3 Å². The highest BCUT2D eigenvalue weighted by molar-refractivity contribution is 5.82. The summed E-state index contributed by atoms with van der Waals surface area (Å²) in [6.07, 6.45) is 1.72. The molecule has 0 amide bonds. The summed E-state index contributed by atoms with van der Waals surface area (Å²) in [4.78, 5) is 18.0. The van der Waals surface area contributed by atoms with Gasteiger partial charge in [0.15, 0.2) is 0 Å². The van der Waals surface area contributed by atoms with Crippen LogP contribution in [-0.4, -0.2) is 49.2 Å². The van der Waals surface area contributed by atoms with Crippen molar-refractivity contribution in [2.75, 3.05) is 26.3 Å². The van der Waals surface area contributed by atoms with Gasteiger partial charge in [0.1, 0.15) is 17.1 Å². The molecule has 0 spiro atoms. The van der Waals surface area contributed by atoms with Crippen LogP contribution in [0, 0.1) is 0 Å². The van der Waals surface area contributed by atoms with E-state index in [2.05, 4.69) is 42.5 Å². The minimum atomic E-state index is -0.697. The second-order valence-corrected chi connectivity index (χ2v) is 12.2. The molecule has 1 heterocycles. The topological polar surface area (TPSA) is 66.5 Å². The molecular weight excluding hydrogens is 554 g/mol. The van der Waals surface area contributed by atoms with E-state index in [0.29, 0.717) is 32.9 Å². The fourth-order valence-corrected chi connectivity index (χ4v) is 5.34. The maximum atomic E-state index is 12.4. The van der Waals surface area contributed by atoms with Crippen molar-refractivity contribution < 1.29 is 28.6 Å². The number of hydrogen-bond acceptors (Lipinski definition) is 7. The summed E-state index contributed by atoms with van der Waals surface area (Å²) in [5, 5.41) is 4.05. The summed E-state index contributed by atoms with van der Waals surface area (Å²) in [6, 6.07) is 32.9. The van der Waals surface area contributed by atoms with Crippen molar-refractivity contribution in [1.82, 2.24) is 5.06 Å². The SMILES string of the molecule is CC(C)(C)OC(=O)ON1CCC(c2ccc(OCCCCOc3ccccc3)cc2)C(OCc2ccc3ccccc3c2)C1. The summed E-state index contributed by atoms with van der Waals surface area (Å²) in [6.45, 7) is 8.27. The molecule has 4 aromatic rings. The van der Waals surface area contributed by atoms with Gasteiger partial charge in [-0.3, -0.25) is 0 Å². The van der Waals surface area contributed by atoms with Crippen LogP contribution in [0.1, 0.15) is 57.1 Å². The van der Waals surface area contributed by atoms with E-state index in [-0.39, 0.29) is 12.0 Å². The number of rotatable bonds is 12. The van der Waals surface area contributed by atoms with Crippen molar-refractivity contribution in [3.05, 3.63) is 108 Å². The van der Waals surface area contributed by atoms with Crippen LogP contribution < -0.4 is 9.47 Å². The van der Waals surface area contributed by atoms with E-state index in [1.54, 1.807) is 5.06 Å². The maximum absolute atomic E-state index is 12.4. The number of hydroxylamine groups is 2. The third-order valence-electron chi connectivity index (χ3n) is 7.52. The van der Waals surface area contributed by atoms with E-state index >= 15 is 0 Å². The van der Waals surface area contributed by atoms with Gasteiger partial charge in [0.2, 0.25) is 0 Å². The molecule has 232 valence electrons. The Hall–Kier alpha value is -4.07. The number of unbranched alkanes of at least 4 members (excludes halogenated alkanes) is 1. The van der Waals surface area contributed by atoms with Gasteiger partial charge in [-0.05, 0) is 92.3 Å². The molecule has 7 nitrogen and oxygen atoms in total. The van der Waals surface area contributed by atoms with Gasteiger partial charge in [-0.2, -0.15) is 0 Å². The first-order chi connectivity index (χ1) is 21.3. The largest absolute Gasteiger partial charge is 0.528 e. The Balaban J connectivity index is 1.17. The van der Waals surface area contributed by atoms with Gasteiger partial charge in [0.05, 0.1) is 32.5 Å². The number of piperidine rings is 1. The van der Waals surface area contributed by atoms with E-state index in [4.69, 9.17) is 23.8 Å². The Morgan fingerprint density at radius 2 is 1.45 bits per heavy atom. The lowest BCUT2D eigenvalue weighted by molar-refractivity contribution is -0.179. The summed E-state index contributed by atoms with van der Waals surface area (Å²) in [5.41, 5.74) is 1.65. The van der Waals surface area contributed by atoms with Crippen molar-refractivity contribution in [2.24, 2.45) is 0 Å². The van der Waals surface area contributed by atoms with Crippen LogP contribution in [-0.2, 0) is 20.9 Å². The Bertz CT molecular complexity index is 1470. The van der Waals surface area contributed by atoms with Gasteiger partial charge in [-0.15, -0.1) is 5.06 Å². The summed E-state index contributed by atoms with van der Waals surface area (Å²) < 4.78 is 23.7. The molecule has 0 radical (unpaired) electrons. The Morgan fingerprint density at radius 1 is 0.795 bits per heavy atom. The highest BCUT2D eigenvalue weighted by atomic mass is 16.8. The molecule has 1 fully saturated rings. The smallest absolute Gasteiger partial charge is 0.494 e. The second kappa shape index (κ2) is 15.1. The van der Waals surface area contributed by atoms with Gasteiger partial charge in [0.25, 0.3) is 0 Å². The lowest BCUT2D eigenvalue weighted by atomic mass is 9.87. The fraction of sp³-hybridized carbons (Fsp3) is 0.378. The van der Waals surface area contributed by atoms with Crippen LogP contribution in [0.3, 0.4) is 0 Å². The van der Waals surface area contributed by atoms with Gasteiger partial charge >= 0.3 is 6.16 Å². The van der Waals surface area contributed by atoms with Gasteiger partial charge < -0.3 is 23.8 Å². The minimum Gasteiger partial charge on any atom is -0.494 e. The second-order valence-electron chi connectivity index (χ2n) is 12.2. The molecule has 1 saturated heterocycles. The van der Waals surface area contributed by atoms with E-state index in [1.807, 2.05) is 75.4 Å². The van der Waals surface area contributed by atoms with Crippen molar-refractivity contribution >= 4 is 16.9 Å². The predicted molar refractivity (Wildman–Crippen MR) is 172 cm³/mol. The molecule has 0 saturated carbocycles. The number of fused-ring (bicyclic) bond motifs is 1. The average molecular weight is 598 g/mol. The lowest BCUT2D eigenvalue weighted by Gasteiger charge is -2.37. The minimum absolute atomic E-state index is 0.137. The van der Waals surface area contributed by atoms with Crippen LogP contribution in [0.15, 0.2) is 97.1 Å². The molecule has 0 aliphatic carbocycles. The Labute approximate surface area is 260 Å². The summed E-state index contributed by atoms with van der Waals surface area (Å²) >= 11 is 0. The number of para-hydroxylation sites is 1. The van der Waals surface area contributed by atoms with Crippen LogP contribution >= 0.6 is 0 Å². The Kier molecular flexibility index (Phi) is 10.8. The standard InChI is InChI=1S/C37H43NO6/c1-37(2,3)43-36(39)44-38-22-21-34(35(26-38)42-27-28-15-16-29-11-7-8-12-31(29)25-28)30-17-19-33(20-18-30)41-24-10-9-23-40-32-13-5-4-6-14-32/h4-8,11-20,25,34-35H,9-10,21-24,26-27H2,1-3H3. The molecule has 2 unspecified atom stereocenters. The summed E-state index contributed by atoms with van der Waals surface area (Å²) in [7, 11) is 0. The van der Waals surface area contributed by atoms with Crippen molar-refractivity contribution in [1.29, 1.82) is 0 Å². The number of carbonyl (C=O) groups is 1. The molecule has 7 heteroatoms. The van der Waals surface area contributed by atoms with E-state index in [9.17, 15) is 4.79 Å². The van der Waals surface area contributed by atoms with Crippen LogP contribution in [0.5, 0.6) is 11.5 Å². The van der Waals surface area contributed by atoms with E-state index < -0.39 is 11.8 Å². The number of carbonyl (C=O) groups excluding carboxylic acids is 1. The van der Waals surface area contributed by atoms with Gasteiger partial charge in [-0.1, -0.05) is 66.7 Å². The first-order valence-corrected chi connectivity index (χ1v) is 15.5. The fourth-order valence-electron chi connectivity index (χ4n) is 5.34. The van der Waals surface area contributed by atoms with Crippen LogP contribution in [0.4, 0.5) is 4.79 Å². The number of nitrogens with zero attached hydrogens (tertiary/aromatic N) is 1. The molecule has 1 aliphatic rings. The quantitative estimate of drug-likeness (QED) is 0.120. The molecule has 0 N–H and O–H groups in total. The maximum Gasteiger partial charge on any atom is 0.528 e. The molecule has 1 aliphatic heterocycles. The molecule has 5 rings (SSSR count). The van der Waals surface area contributed by atoms with Gasteiger partial charge in [-0.25, -0.2) is 4.79 Å². The molecule has 44 heavy (non-hydrogen) atoms. The van der Waals surface area contributed by atoms with E-state index in [0.717, 1.165) is 36.3 Å². The first-order valence-electron chi connectivity index (χ1n) is 15.5. The van der Waals surface area contributed by atoms with Crippen molar-refractivity contribution in [2.45, 2.75) is 64.3 Å². The zero-order valence-corrected chi connectivity index (χ0v) is 25.9. The number of hydrogen-bond donors (Lipinski definition) is 0. The number of benzene rings is 4. The summed E-state index contributed by atoms with van der Waals surface area (Å²) in [5.74, 6) is 1.88. The van der Waals surface area contributed by atoms with Crippen LogP contribution in [0.25, 0.3) is 10.8 Å². The molecule has 2 atom stereocenters. The molecular formula is C37H43NO6. The molecule has 0 aromatic heterocycles. The highest BCUT2D eigenvalue weighted by Gasteiger charge is 2.34. The lowest BCUT2D eigenvalue weighted by Crippen LogP contribution is -2.45. The normalized spacial score (nSPS) is 17.2. The third kappa shape index (κ3) is 9.46.